The number of anilines is 4. The van der Waals surface area contributed by atoms with Crippen molar-refractivity contribution in [3.8, 4) is 0 Å². The monoisotopic (exact) mass is 389 g/mol. The van der Waals surface area contributed by atoms with Crippen molar-refractivity contribution < 1.29 is 4.79 Å². The molecule has 1 heterocycles. The van der Waals surface area contributed by atoms with Gasteiger partial charge >= 0.3 is 0 Å². The van der Waals surface area contributed by atoms with Crippen LogP contribution in [0.3, 0.4) is 0 Å². The van der Waals surface area contributed by atoms with E-state index in [9.17, 15) is 4.79 Å². The van der Waals surface area contributed by atoms with Gasteiger partial charge in [-0.1, -0.05) is 18.2 Å². The lowest BCUT2D eigenvalue weighted by Crippen LogP contribution is -2.31. The van der Waals surface area contributed by atoms with Crippen LogP contribution < -0.4 is 15.1 Å². The van der Waals surface area contributed by atoms with Crippen LogP contribution in [0, 0.1) is 0 Å². The minimum atomic E-state index is -0.165. The number of carbonyl (C=O) groups is 1. The van der Waals surface area contributed by atoms with Crippen LogP contribution in [0.2, 0.25) is 0 Å². The van der Waals surface area contributed by atoms with Gasteiger partial charge < -0.3 is 15.1 Å². The number of aromatic nitrogens is 2. The third kappa shape index (κ3) is 4.90. The number of amides is 1. The number of rotatable bonds is 8. The van der Waals surface area contributed by atoms with Gasteiger partial charge in [0.05, 0.1) is 12.4 Å². The van der Waals surface area contributed by atoms with Gasteiger partial charge in [0.15, 0.2) is 0 Å². The average molecular weight is 390 g/mol. The molecule has 2 aromatic carbocycles. The van der Waals surface area contributed by atoms with E-state index in [1.54, 1.807) is 11.1 Å². The molecule has 0 spiro atoms. The van der Waals surface area contributed by atoms with Crippen LogP contribution in [-0.4, -0.2) is 35.5 Å². The molecule has 29 heavy (non-hydrogen) atoms. The Balaban J connectivity index is 1.69. The SMILES string of the molecule is CCN(CC)c1ccc(Nc2cnc(C(=O)N(CC)c3ccccc3)cn2)cc1. The van der Waals surface area contributed by atoms with Crippen molar-refractivity contribution in [1.29, 1.82) is 0 Å². The maximum absolute atomic E-state index is 12.8. The molecule has 0 fully saturated rings. The zero-order valence-corrected chi connectivity index (χ0v) is 17.2. The molecule has 150 valence electrons. The van der Waals surface area contributed by atoms with Crippen molar-refractivity contribution in [3.63, 3.8) is 0 Å². The van der Waals surface area contributed by atoms with Gasteiger partial charge in [-0.2, -0.15) is 0 Å². The van der Waals surface area contributed by atoms with E-state index < -0.39 is 0 Å². The maximum Gasteiger partial charge on any atom is 0.278 e. The number of benzene rings is 2. The first-order valence-electron chi connectivity index (χ1n) is 9.97. The molecule has 6 heteroatoms. The Kier molecular flexibility index (Phi) is 6.79. The smallest absolute Gasteiger partial charge is 0.278 e. The molecule has 0 atom stereocenters. The summed E-state index contributed by atoms with van der Waals surface area (Å²) in [6, 6.07) is 17.8. The van der Waals surface area contributed by atoms with E-state index in [-0.39, 0.29) is 5.91 Å². The third-order valence-corrected chi connectivity index (χ3v) is 4.77. The van der Waals surface area contributed by atoms with E-state index in [1.807, 2.05) is 49.4 Å². The minimum Gasteiger partial charge on any atom is -0.372 e. The average Bonchev–Trinajstić information content (AvgIpc) is 2.77. The molecule has 6 nitrogen and oxygen atoms in total. The van der Waals surface area contributed by atoms with E-state index in [0.29, 0.717) is 18.1 Å². The summed E-state index contributed by atoms with van der Waals surface area (Å²) in [5, 5.41) is 3.23. The zero-order valence-electron chi connectivity index (χ0n) is 17.2. The lowest BCUT2D eigenvalue weighted by Gasteiger charge is -2.21. The second kappa shape index (κ2) is 9.68. The minimum absolute atomic E-state index is 0.165. The van der Waals surface area contributed by atoms with Crippen molar-refractivity contribution in [3.05, 3.63) is 72.7 Å². The van der Waals surface area contributed by atoms with Gasteiger partial charge in [-0.15, -0.1) is 0 Å². The highest BCUT2D eigenvalue weighted by atomic mass is 16.2. The molecule has 0 aliphatic heterocycles. The summed E-state index contributed by atoms with van der Waals surface area (Å²) in [4.78, 5) is 25.5. The number of nitrogens with zero attached hydrogens (tertiary/aromatic N) is 4. The standard InChI is InChI=1S/C23H27N5O/c1-4-27(5-2)19-14-12-18(13-15-19)26-22-17-24-21(16-25-22)23(29)28(6-3)20-10-8-7-9-11-20/h7-17H,4-6H2,1-3H3,(H,25,26). The Morgan fingerprint density at radius 1 is 0.828 bits per heavy atom. The van der Waals surface area contributed by atoms with Crippen molar-refractivity contribution in [2.45, 2.75) is 20.8 Å². The first-order valence-corrected chi connectivity index (χ1v) is 9.97. The molecule has 0 saturated carbocycles. The van der Waals surface area contributed by atoms with Crippen molar-refractivity contribution >= 4 is 28.8 Å². The van der Waals surface area contributed by atoms with E-state index in [1.165, 1.54) is 11.9 Å². The van der Waals surface area contributed by atoms with Crippen LogP contribution in [0.4, 0.5) is 22.9 Å². The molecule has 3 rings (SSSR count). The Morgan fingerprint density at radius 2 is 1.52 bits per heavy atom. The van der Waals surface area contributed by atoms with Crippen LogP contribution >= 0.6 is 0 Å². The Labute approximate surface area is 172 Å². The highest BCUT2D eigenvalue weighted by Crippen LogP contribution is 2.20. The van der Waals surface area contributed by atoms with E-state index >= 15 is 0 Å². The predicted octanol–water partition coefficient (Wildman–Crippen LogP) is 4.73. The number of hydrogen-bond acceptors (Lipinski definition) is 5. The molecule has 0 bridgehead atoms. The summed E-state index contributed by atoms with van der Waals surface area (Å²) < 4.78 is 0. The molecule has 1 N–H and O–H groups in total. The van der Waals surface area contributed by atoms with Gasteiger partial charge in [-0.05, 0) is 57.2 Å². The lowest BCUT2D eigenvalue weighted by atomic mass is 10.2. The number of carbonyl (C=O) groups excluding carboxylic acids is 1. The number of hydrogen-bond donors (Lipinski definition) is 1. The van der Waals surface area contributed by atoms with E-state index in [0.717, 1.165) is 24.5 Å². The maximum atomic E-state index is 12.8. The fraction of sp³-hybridized carbons (Fsp3) is 0.261. The second-order valence-corrected chi connectivity index (χ2v) is 6.52. The van der Waals surface area contributed by atoms with Gasteiger partial charge in [-0.3, -0.25) is 4.79 Å². The summed E-state index contributed by atoms with van der Waals surface area (Å²) >= 11 is 0. The molecule has 1 aromatic heterocycles. The molecule has 0 unspecified atom stereocenters. The van der Waals surface area contributed by atoms with Gasteiger partial charge in [0.2, 0.25) is 0 Å². The van der Waals surface area contributed by atoms with Gasteiger partial charge in [0.25, 0.3) is 5.91 Å². The van der Waals surface area contributed by atoms with Crippen LogP contribution in [0.5, 0.6) is 0 Å². The van der Waals surface area contributed by atoms with Crippen molar-refractivity contribution in [1.82, 2.24) is 9.97 Å². The van der Waals surface area contributed by atoms with Crippen molar-refractivity contribution in [2.75, 3.05) is 34.8 Å². The van der Waals surface area contributed by atoms with E-state index in [2.05, 4.69) is 46.2 Å². The highest BCUT2D eigenvalue weighted by molar-refractivity contribution is 6.04. The Morgan fingerprint density at radius 3 is 2.07 bits per heavy atom. The number of nitrogens with one attached hydrogen (secondary N) is 1. The Bertz CT molecular complexity index is 906. The quantitative estimate of drug-likeness (QED) is 0.603. The topological polar surface area (TPSA) is 61.4 Å². The number of para-hydroxylation sites is 1. The van der Waals surface area contributed by atoms with Crippen LogP contribution in [0.1, 0.15) is 31.3 Å². The highest BCUT2D eigenvalue weighted by Gasteiger charge is 2.17. The summed E-state index contributed by atoms with van der Waals surface area (Å²) in [6.45, 7) is 8.74. The molecule has 1 amide bonds. The second-order valence-electron chi connectivity index (χ2n) is 6.52. The normalized spacial score (nSPS) is 10.4. The fourth-order valence-corrected chi connectivity index (χ4v) is 3.18. The molecule has 0 aliphatic rings. The summed E-state index contributed by atoms with van der Waals surface area (Å²) in [6.07, 6.45) is 3.10. The van der Waals surface area contributed by atoms with Crippen molar-refractivity contribution in [2.24, 2.45) is 0 Å². The molecule has 0 radical (unpaired) electrons. The predicted molar refractivity (Wildman–Crippen MR) is 119 cm³/mol. The molecule has 0 aliphatic carbocycles. The molecule has 3 aromatic rings. The largest absolute Gasteiger partial charge is 0.372 e. The first kappa shape index (κ1) is 20.3. The van der Waals surface area contributed by atoms with Gasteiger partial charge in [0.1, 0.15) is 11.5 Å². The first-order chi connectivity index (χ1) is 14.2. The van der Waals surface area contributed by atoms with Gasteiger partial charge in [-0.25, -0.2) is 9.97 Å². The summed E-state index contributed by atoms with van der Waals surface area (Å²) in [5.74, 6) is 0.432. The van der Waals surface area contributed by atoms with Crippen LogP contribution in [-0.2, 0) is 0 Å². The fourth-order valence-electron chi connectivity index (χ4n) is 3.18. The zero-order chi connectivity index (χ0) is 20.6. The van der Waals surface area contributed by atoms with Crippen LogP contribution in [0.15, 0.2) is 67.0 Å². The summed E-state index contributed by atoms with van der Waals surface area (Å²) in [7, 11) is 0. The molecular weight excluding hydrogens is 362 g/mol. The Hall–Kier alpha value is -3.41. The molecular formula is C23H27N5O. The lowest BCUT2D eigenvalue weighted by molar-refractivity contribution is 0.0983. The third-order valence-electron chi connectivity index (χ3n) is 4.77. The van der Waals surface area contributed by atoms with Gasteiger partial charge in [0, 0.05) is 36.7 Å². The summed E-state index contributed by atoms with van der Waals surface area (Å²) in [5.41, 5.74) is 3.28. The van der Waals surface area contributed by atoms with Crippen LogP contribution in [0.25, 0.3) is 0 Å². The molecule has 0 saturated heterocycles. The van der Waals surface area contributed by atoms with E-state index in [4.69, 9.17) is 0 Å².